The van der Waals surface area contributed by atoms with Crippen molar-refractivity contribution in [3.8, 4) is 67.8 Å². The molecule has 0 amide bonds. The molecule has 0 unspecified atom stereocenters. The Morgan fingerprint density at radius 2 is 0.769 bits per heavy atom. The van der Waals surface area contributed by atoms with Crippen LogP contribution in [-0.2, 0) is 5.41 Å². The van der Waals surface area contributed by atoms with Crippen LogP contribution in [0.1, 0.15) is 25.0 Å². The van der Waals surface area contributed by atoms with Crippen molar-refractivity contribution in [2.75, 3.05) is 0 Å². The van der Waals surface area contributed by atoms with E-state index in [-0.39, 0.29) is 5.41 Å². The standard InChI is InChI=1S/C60H41N5/c1-60(2)51-25-12-9-22-45(51)48-37-42(28-31-52(48)60)59-62-57(38-16-5-3-6-17-38)61-58(63-59)41-18-15-21-44(34-41)65-54-27-14-11-24-47(54)50-36-40(30-33-56(50)65)39-29-32-55-49(35-39)46-23-10-13-26-53(46)64(55)43-19-7-4-8-20-43/h3-37H,1-2H3. The van der Waals surface area contributed by atoms with Crippen molar-refractivity contribution in [2.45, 2.75) is 19.3 Å². The third kappa shape index (κ3) is 5.82. The monoisotopic (exact) mass is 831 g/mol. The third-order valence-electron chi connectivity index (χ3n) is 13.6. The highest BCUT2D eigenvalue weighted by Crippen LogP contribution is 2.49. The number of aromatic nitrogens is 5. The van der Waals surface area contributed by atoms with E-state index in [9.17, 15) is 0 Å². The van der Waals surface area contributed by atoms with Crippen molar-refractivity contribution in [1.82, 2.24) is 24.1 Å². The first-order valence-electron chi connectivity index (χ1n) is 22.3. The summed E-state index contributed by atoms with van der Waals surface area (Å²) < 4.78 is 4.74. The Balaban J connectivity index is 0.933. The molecule has 306 valence electrons. The van der Waals surface area contributed by atoms with Crippen LogP contribution < -0.4 is 0 Å². The van der Waals surface area contributed by atoms with Gasteiger partial charge in [-0.05, 0) is 100 Å². The summed E-state index contributed by atoms with van der Waals surface area (Å²) in [6.07, 6.45) is 0. The SMILES string of the molecule is CC1(C)c2ccccc2-c2cc(-c3nc(-c4ccccc4)nc(-c4cccc(-n5c6ccccc6c6cc(-c7ccc8c(c7)c7ccccc7n8-c7ccccc7)ccc65)c4)n3)ccc21. The smallest absolute Gasteiger partial charge is 0.164 e. The summed E-state index contributed by atoms with van der Waals surface area (Å²) in [6.45, 7) is 4.61. The van der Waals surface area contributed by atoms with Gasteiger partial charge in [-0.1, -0.05) is 159 Å². The molecule has 1 aliphatic rings. The Morgan fingerprint density at radius 3 is 1.43 bits per heavy atom. The maximum Gasteiger partial charge on any atom is 0.164 e. The van der Waals surface area contributed by atoms with Crippen LogP contribution in [0.25, 0.3) is 111 Å². The fourth-order valence-electron chi connectivity index (χ4n) is 10.4. The lowest BCUT2D eigenvalue weighted by atomic mass is 9.82. The Hall–Kier alpha value is -8.41. The lowest BCUT2D eigenvalue weighted by Crippen LogP contribution is -2.14. The van der Waals surface area contributed by atoms with Crippen molar-refractivity contribution >= 4 is 43.6 Å². The number of benzene rings is 9. The number of hydrogen-bond donors (Lipinski definition) is 0. The summed E-state index contributed by atoms with van der Waals surface area (Å²) in [5, 5.41) is 4.88. The molecule has 0 radical (unpaired) electrons. The van der Waals surface area contributed by atoms with Crippen LogP contribution in [0.4, 0.5) is 0 Å². The average Bonchev–Trinajstić information content (AvgIpc) is 3.96. The molecule has 0 bridgehead atoms. The minimum atomic E-state index is -0.0848. The zero-order valence-corrected chi connectivity index (χ0v) is 35.9. The Morgan fingerprint density at radius 1 is 0.308 bits per heavy atom. The van der Waals surface area contributed by atoms with Crippen LogP contribution in [0.2, 0.25) is 0 Å². The van der Waals surface area contributed by atoms with Crippen LogP contribution in [-0.4, -0.2) is 24.1 Å². The largest absolute Gasteiger partial charge is 0.309 e. The second kappa shape index (κ2) is 14.3. The van der Waals surface area contributed by atoms with Crippen LogP contribution in [0.3, 0.4) is 0 Å². The van der Waals surface area contributed by atoms with E-state index < -0.39 is 0 Å². The first-order valence-corrected chi connectivity index (χ1v) is 22.3. The lowest BCUT2D eigenvalue weighted by Gasteiger charge is -2.21. The predicted molar refractivity (Wildman–Crippen MR) is 268 cm³/mol. The maximum atomic E-state index is 5.24. The van der Waals surface area contributed by atoms with E-state index in [0.29, 0.717) is 17.5 Å². The number of para-hydroxylation sites is 3. The van der Waals surface area contributed by atoms with Crippen molar-refractivity contribution in [1.29, 1.82) is 0 Å². The number of fused-ring (bicyclic) bond motifs is 9. The molecule has 3 aromatic heterocycles. The fourth-order valence-corrected chi connectivity index (χ4v) is 10.4. The van der Waals surface area contributed by atoms with Crippen LogP contribution in [0.15, 0.2) is 212 Å². The lowest BCUT2D eigenvalue weighted by molar-refractivity contribution is 0.660. The Bertz CT molecular complexity index is 3860. The number of rotatable bonds is 6. The van der Waals surface area contributed by atoms with E-state index in [1.54, 1.807) is 0 Å². The van der Waals surface area contributed by atoms with Crippen molar-refractivity contribution in [3.63, 3.8) is 0 Å². The van der Waals surface area contributed by atoms with Gasteiger partial charge in [-0.2, -0.15) is 0 Å². The zero-order chi connectivity index (χ0) is 43.2. The molecule has 0 saturated carbocycles. The van der Waals surface area contributed by atoms with Crippen LogP contribution in [0.5, 0.6) is 0 Å². The Kier molecular flexibility index (Phi) is 8.18. The van der Waals surface area contributed by atoms with E-state index in [4.69, 9.17) is 15.0 Å². The molecule has 1 aliphatic carbocycles. The summed E-state index contributed by atoms with van der Waals surface area (Å²) in [4.78, 5) is 15.5. The molecule has 5 heteroatoms. The van der Waals surface area contributed by atoms with E-state index in [2.05, 4.69) is 217 Å². The highest BCUT2D eigenvalue weighted by atomic mass is 15.0. The van der Waals surface area contributed by atoms with Gasteiger partial charge >= 0.3 is 0 Å². The molecule has 0 saturated heterocycles. The molecular formula is C60H41N5. The molecule has 0 N–H and O–H groups in total. The molecule has 0 spiro atoms. The van der Waals surface area contributed by atoms with Gasteiger partial charge in [0.2, 0.25) is 0 Å². The first-order chi connectivity index (χ1) is 32.0. The van der Waals surface area contributed by atoms with Gasteiger partial charge in [0.05, 0.1) is 22.1 Å². The number of nitrogens with zero attached hydrogens (tertiary/aromatic N) is 5. The molecule has 5 nitrogen and oxygen atoms in total. The molecule has 0 fully saturated rings. The van der Waals surface area contributed by atoms with Crippen molar-refractivity contribution < 1.29 is 0 Å². The normalized spacial score (nSPS) is 12.9. The molecule has 13 rings (SSSR count). The zero-order valence-electron chi connectivity index (χ0n) is 35.9. The second-order valence-electron chi connectivity index (χ2n) is 17.7. The Labute approximate surface area is 376 Å². The van der Waals surface area contributed by atoms with Crippen molar-refractivity contribution in [3.05, 3.63) is 223 Å². The molecular weight excluding hydrogens is 791 g/mol. The van der Waals surface area contributed by atoms with Gasteiger partial charge in [-0.15, -0.1) is 0 Å². The summed E-state index contributed by atoms with van der Waals surface area (Å²) in [6, 6.07) is 76.1. The van der Waals surface area contributed by atoms with E-state index >= 15 is 0 Å². The van der Waals surface area contributed by atoms with Gasteiger partial charge in [0.1, 0.15) is 0 Å². The summed E-state index contributed by atoms with van der Waals surface area (Å²) >= 11 is 0. The maximum absolute atomic E-state index is 5.24. The second-order valence-corrected chi connectivity index (χ2v) is 17.7. The van der Waals surface area contributed by atoms with E-state index in [0.717, 1.165) is 39.1 Å². The molecule has 9 aromatic carbocycles. The highest BCUT2D eigenvalue weighted by molar-refractivity contribution is 6.12. The van der Waals surface area contributed by atoms with Crippen LogP contribution >= 0.6 is 0 Å². The minimum absolute atomic E-state index is 0.0848. The van der Waals surface area contributed by atoms with Gasteiger partial charge in [-0.25, -0.2) is 15.0 Å². The summed E-state index contributed by atoms with van der Waals surface area (Å²) in [5.41, 5.74) is 17.1. The molecule has 3 heterocycles. The van der Waals surface area contributed by atoms with Crippen LogP contribution in [0, 0.1) is 0 Å². The van der Waals surface area contributed by atoms with Crippen molar-refractivity contribution in [2.24, 2.45) is 0 Å². The van der Waals surface area contributed by atoms with Gasteiger partial charge in [0, 0.05) is 55.0 Å². The van der Waals surface area contributed by atoms with E-state index in [1.165, 1.54) is 66.0 Å². The van der Waals surface area contributed by atoms with Gasteiger partial charge in [0.25, 0.3) is 0 Å². The quantitative estimate of drug-likeness (QED) is 0.168. The van der Waals surface area contributed by atoms with Gasteiger partial charge in [0.15, 0.2) is 17.5 Å². The third-order valence-corrected chi connectivity index (χ3v) is 13.6. The molecule has 12 aromatic rings. The summed E-state index contributed by atoms with van der Waals surface area (Å²) in [7, 11) is 0. The average molecular weight is 832 g/mol. The highest BCUT2D eigenvalue weighted by Gasteiger charge is 2.35. The molecule has 0 atom stereocenters. The predicted octanol–water partition coefficient (Wildman–Crippen LogP) is 15.0. The number of hydrogen-bond acceptors (Lipinski definition) is 3. The summed E-state index contributed by atoms with van der Waals surface area (Å²) in [5.74, 6) is 1.92. The topological polar surface area (TPSA) is 48.5 Å². The van der Waals surface area contributed by atoms with E-state index in [1.807, 2.05) is 18.2 Å². The van der Waals surface area contributed by atoms with Gasteiger partial charge < -0.3 is 9.13 Å². The fraction of sp³-hybridized carbons (Fsp3) is 0.0500. The first kappa shape index (κ1) is 37.2. The van der Waals surface area contributed by atoms with Gasteiger partial charge in [-0.3, -0.25) is 0 Å². The molecule has 65 heavy (non-hydrogen) atoms. The minimum Gasteiger partial charge on any atom is -0.309 e. The molecule has 0 aliphatic heterocycles.